The van der Waals surface area contributed by atoms with Gasteiger partial charge in [-0.05, 0) is 132 Å². The summed E-state index contributed by atoms with van der Waals surface area (Å²) in [5.41, 5.74) is 13.6. The number of oxazole rings is 1. The summed E-state index contributed by atoms with van der Waals surface area (Å²) in [4.78, 5) is 81.0. The molecule has 3 aliphatic rings. The van der Waals surface area contributed by atoms with E-state index in [4.69, 9.17) is 10.2 Å². The smallest absolute Gasteiger partial charge is 0.317 e. The Morgan fingerprint density at radius 3 is 1.05 bits per heavy atom. The van der Waals surface area contributed by atoms with Gasteiger partial charge in [-0.1, -0.05) is 242 Å². The Kier molecular flexibility index (Phi) is 79.6. The lowest BCUT2D eigenvalue weighted by atomic mass is 10.1. The standard InChI is InChI=1S/C8H14N2.2C8H11N.C7H10N2O.C7H10N2.C6H12N2O.7C6H10N2.C6H9NO.C6H9NS.2C5H9N3.4CH4/c1-6(2)8-4-3-7(5-9)10-8;2*1-7(2)8-5-3-4-6-9-8;1-5(2)7-8-4-3-6(10)9-7;1-6(2)7-8-4-3-5-9-7;1-5(2)8-4-3-7-6(8)9;2*1-6(2)8-5-3-4-7-8;2*1-5(2)6-7-3-4-8-6;3*1-5(2)6-3-4-7-8-6;2*1-5(2)6-7-3-4-8-6;2*1-4(2)5-6-3-7-8-5;;;;/h3,6H,4-5,9H2,1-2H3;2*3-7H,1-2H3;3-5H,1-2H3,(H,8,9,10);3-6H,1-2H3;5H,3-4H2,1-2H3,(H,7,9);2*3-6H,1-2H3;2*3-5H,1-2H3,(H,7,8);4-5H,3H2,1-2H3;2*3-5H,1-2H3,(H,7,8);2*3-5H,1-2H3;2*3-4H,1-2H3,(H,6,7,8);4*1H4. The summed E-state index contributed by atoms with van der Waals surface area (Å²) < 4.78 is 8.82. The number of urea groups is 1. The third-order valence-electron chi connectivity index (χ3n) is 19.7. The van der Waals surface area contributed by atoms with Crippen molar-refractivity contribution >= 4 is 35.0 Å². The van der Waals surface area contributed by atoms with Crippen molar-refractivity contribution < 1.29 is 9.21 Å². The molecule has 0 aliphatic carbocycles. The lowest BCUT2D eigenvalue weighted by Gasteiger charge is -2.17. The van der Waals surface area contributed by atoms with E-state index in [1.54, 1.807) is 73.4 Å². The van der Waals surface area contributed by atoms with Crippen LogP contribution in [0.3, 0.4) is 0 Å². The molecular weight excluding hydrogens is 1870 g/mol. The summed E-state index contributed by atoms with van der Waals surface area (Å²) in [5, 5.41) is 48.1. The van der Waals surface area contributed by atoms with E-state index >= 15 is 0 Å². The molecule has 3 aliphatic heterocycles. The largest absolute Gasteiger partial charge is 0.449 e. The highest BCUT2D eigenvalue weighted by atomic mass is 32.1. The van der Waals surface area contributed by atoms with Gasteiger partial charge >= 0.3 is 6.03 Å². The molecule has 14 aromatic heterocycles. The first-order valence-electron chi connectivity index (χ1n) is 50.1. The third-order valence-corrected chi connectivity index (χ3v) is 20.8. The summed E-state index contributed by atoms with van der Waals surface area (Å²) in [5.74, 6) is 13.5. The number of carbonyl (C=O) groups is 1. The lowest BCUT2D eigenvalue weighted by molar-refractivity contribution is 0.206. The van der Waals surface area contributed by atoms with Crippen LogP contribution < -0.4 is 16.6 Å². The quantitative estimate of drug-likeness (QED) is 0.0385. The molecule has 35 nitrogen and oxygen atoms in total. The second kappa shape index (κ2) is 83.6. The van der Waals surface area contributed by atoms with Gasteiger partial charge in [0.1, 0.15) is 53.9 Å². The number of aromatic amines is 7. The van der Waals surface area contributed by atoms with Crippen LogP contribution in [0.2, 0.25) is 0 Å². The highest BCUT2D eigenvalue weighted by Crippen LogP contribution is 2.19. The Morgan fingerprint density at radius 2 is 0.851 bits per heavy atom. The summed E-state index contributed by atoms with van der Waals surface area (Å²) in [6.45, 7) is 73.6. The van der Waals surface area contributed by atoms with Gasteiger partial charge in [0.2, 0.25) is 0 Å². The van der Waals surface area contributed by atoms with E-state index in [1.807, 2.05) is 178 Å². The van der Waals surface area contributed by atoms with Gasteiger partial charge in [-0.2, -0.15) is 40.8 Å². The average Bonchev–Trinajstić information content (AvgIpc) is 1.73. The molecule has 0 bridgehead atoms. The number of hydrogen-bond acceptors (Lipinski definition) is 25. The van der Waals surface area contributed by atoms with Crippen molar-refractivity contribution in [1.82, 2.24) is 140 Å². The lowest BCUT2D eigenvalue weighted by Crippen LogP contribution is -2.33. The van der Waals surface area contributed by atoms with E-state index in [-0.39, 0.29) is 47.2 Å². The predicted molar refractivity (Wildman–Crippen MR) is 617 cm³/mol. The van der Waals surface area contributed by atoms with Gasteiger partial charge < -0.3 is 35.3 Å². The van der Waals surface area contributed by atoms with Crippen LogP contribution in [0, 0.1) is 11.8 Å². The van der Waals surface area contributed by atoms with E-state index < -0.39 is 0 Å². The predicted octanol–water partition coefficient (Wildman–Crippen LogP) is 27.7. The number of thiazole rings is 1. The molecule has 0 spiro atoms. The van der Waals surface area contributed by atoms with Crippen LogP contribution in [-0.2, 0) is 0 Å². The number of nitrogens with two attached hydrogens (primary N) is 1. The van der Waals surface area contributed by atoms with Crippen LogP contribution in [0.15, 0.2) is 239 Å². The Bertz CT molecular complexity index is 4660. The van der Waals surface area contributed by atoms with Crippen molar-refractivity contribution in [3.8, 4) is 0 Å². The molecule has 822 valence electrons. The fourth-order valence-electron chi connectivity index (χ4n) is 10.9. The summed E-state index contributed by atoms with van der Waals surface area (Å²) in [6, 6.07) is 24.5. The van der Waals surface area contributed by atoms with Gasteiger partial charge in [0.25, 0.3) is 5.56 Å². The molecule has 0 aromatic carbocycles. The van der Waals surface area contributed by atoms with Crippen molar-refractivity contribution in [3.63, 3.8) is 0 Å². The van der Waals surface area contributed by atoms with Crippen LogP contribution >= 0.6 is 11.3 Å². The van der Waals surface area contributed by atoms with Crippen LogP contribution in [0.4, 0.5) is 4.79 Å². The van der Waals surface area contributed by atoms with E-state index in [0.29, 0.717) is 102 Å². The molecular formula is C112H190N32O3S. The molecule has 0 saturated carbocycles. The summed E-state index contributed by atoms with van der Waals surface area (Å²) in [6.07, 6.45) is 41.1. The van der Waals surface area contributed by atoms with Gasteiger partial charge in [-0.25, -0.2) is 49.7 Å². The number of nitrogens with zero attached hydrogens (tertiary/aromatic N) is 23. The number of nitrogens with one attached hydrogen (secondary N) is 8. The molecule has 0 atom stereocenters. The van der Waals surface area contributed by atoms with Gasteiger partial charge in [0, 0.05) is 249 Å². The van der Waals surface area contributed by atoms with E-state index in [1.165, 1.54) is 52.7 Å². The first-order chi connectivity index (χ1) is 68.4. The van der Waals surface area contributed by atoms with Crippen LogP contribution in [0.1, 0.15) is 430 Å². The highest BCUT2D eigenvalue weighted by Gasteiger charge is 2.21. The fraction of sp³-hybridized carbons (Fsp3) is 0.536. The topological polar surface area (TPSA) is 465 Å². The first kappa shape index (κ1) is 141. The number of carbonyl (C=O) groups excluding carboxylic acids is 1. The van der Waals surface area contributed by atoms with Crippen LogP contribution in [0.5, 0.6) is 0 Å². The Hall–Kier alpha value is -13.4. The van der Waals surface area contributed by atoms with Gasteiger partial charge in [0.05, 0.1) is 16.9 Å². The minimum absolute atomic E-state index is 0. The minimum atomic E-state index is -0.0845. The number of amides is 2. The molecule has 36 heteroatoms. The second-order valence-electron chi connectivity index (χ2n) is 38.0. The van der Waals surface area contributed by atoms with Gasteiger partial charge in [0.15, 0.2) is 5.89 Å². The molecule has 10 N–H and O–H groups in total. The third kappa shape index (κ3) is 66.0. The Morgan fingerprint density at radius 1 is 0.385 bits per heavy atom. The molecule has 1 saturated heterocycles. The zero-order chi connectivity index (χ0) is 108. The maximum absolute atomic E-state index is 10.8. The molecule has 14 aromatic rings. The number of imidazole rings is 2. The van der Waals surface area contributed by atoms with Gasteiger partial charge in [-0.15, -0.1) is 11.3 Å². The summed E-state index contributed by atoms with van der Waals surface area (Å²) >= 11 is 1.72. The molecule has 148 heavy (non-hydrogen) atoms. The number of allylic oxidation sites excluding steroid dienone is 1. The molecule has 0 radical (unpaired) electrons. The van der Waals surface area contributed by atoms with Crippen molar-refractivity contribution in [1.29, 1.82) is 0 Å². The maximum Gasteiger partial charge on any atom is 0.317 e. The van der Waals surface area contributed by atoms with Crippen molar-refractivity contribution in [2.24, 2.45) is 32.8 Å². The first-order valence-corrected chi connectivity index (χ1v) is 51.0. The van der Waals surface area contributed by atoms with Crippen molar-refractivity contribution in [2.75, 3.05) is 19.6 Å². The monoisotopic (exact) mass is 2060 g/mol. The average molecular weight is 2070 g/mol. The van der Waals surface area contributed by atoms with Gasteiger partial charge in [-0.3, -0.25) is 49.5 Å². The zero-order valence-electron chi connectivity index (χ0n) is 92.6. The number of aromatic nitrogens is 26. The maximum atomic E-state index is 10.8. The number of H-pyrrole nitrogens is 7. The Balaban J connectivity index is -0.000000743. The normalized spacial score (nSPS) is 11.4. The number of aliphatic imine (C=N–C) groups is 1. The second-order valence-corrected chi connectivity index (χ2v) is 39.0. The van der Waals surface area contributed by atoms with E-state index in [0.717, 1.165) is 83.9 Å². The van der Waals surface area contributed by atoms with E-state index in [2.05, 4.69) is 341 Å². The number of pyridine rings is 2. The number of hydrogen-bond donors (Lipinski definition) is 9. The Labute approximate surface area is 892 Å². The molecule has 0 unspecified atom stereocenters. The van der Waals surface area contributed by atoms with Crippen molar-refractivity contribution in [3.05, 3.63) is 293 Å². The molecule has 1 fully saturated rings. The van der Waals surface area contributed by atoms with Crippen molar-refractivity contribution in [2.45, 2.75) is 367 Å². The fourth-order valence-corrected chi connectivity index (χ4v) is 11.6. The van der Waals surface area contributed by atoms with E-state index in [9.17, 15) is 9.59 Å². The zero-order valence-corrected chi connectivity index (χ0v) is 93.4. The molecule has 17 heterocycles. The minimum Gasteiger partial charge on any atom is -0.449 e. The van der Waals surface area contributed by atoms with Crippen LogP contribution in [0.25, 0.3) is 0 Å². The SMILES string of the molecule is C.C.C.C.CC(C)C1=NC(CN)=CC1.CC(C)C1=NN=CC1.CC(C)N1CCNC1=O.CC(C)c1ccccn1.CC(C)c1ccccn1.CC(C)c1ccn[nH]1.CC(C)c1ccn[nH]1.CC(C)c1ncc[nH]1.CC(C)c1ncc[nH]1.CC(C)c1nccc(=O)[nH]1.CC(C)c1ncccn1.CC(C)c1ncco1.CC(C)c1nccs1.CC(C)c1ncn[nH]1.CC(C)c1ncn[nH]1.CC(C)n1cccn1.CC(C)n1cccn1. The molecule has 2 amide bonds. The summed E-state index contributed by atoms with van der Waals surface area (Å²) in [7, 11) is 0. The number of rotatable bonds is 18. The van der Waals surface area contributed by atoms with Crippen LogP contribution in [-0.4, -0.2) is 184 Å². The highest BCUT2D eigenvalue weighted by molar-refractivity contribution is 7.09. The molecule has 17 rings (SSSR count).